The number of carboxylic acids is 1. The maximum absolute atomic E-state index is 14.2. The van der Waals surface area contributed by atoms with Crippen molar-refractivity contribution in [2.45, 2.75) is 81.5 Å². The van der Waals surface area contributed by atoms with Gasteiger partial charge in [-0.1, -0.05) is 56.1 Å². The van der Waals surface area contributed by atoms with Gasteiger partial charge in [0.05, 0.1) is 19.3 Å². The standard InChI is InChI=1S/C30H38N4O6S/c1-3-20-18-41-29(32-20)40-23-15-25-26(35)33-30(28(37)38)16-19(30)10-7-5-4-6-8-13-24(27(36)34(25)17-23)31-21-11-9-12-22(14-21)39-2/h3,9,11-12,14,18-19,23-25,31H,1,4-8,10,13,15-17H2,2H3,(H,33,35)(H,37,38)/t19-,23-,24+,25+,30-/m1/s1. The molecule has 220 valence electrons. The number of fused-ring (bicyclic) bond motifs is 2. The lowest BCUT2D eigenvalue weighted by Crippen LogP contribution is -2.55. The van der Waals surface area contributed by atoms with Crippen LogP contribution in [0.4, 0.5) is 5.69 Å². The molecule has 41 heavy (non-hydrogen) atoms. The van der Waals surface area contributed by atoms with Crippen LogP contribution in [0.5, 0.6) is 10.9 Å². The van der Waals surface area contributed by atoms with Crippen molar-refractivity contribution < 1.29 is 29.0 Å². The zero-order valence-corrected chi connectivity index (χ0v) is 24.2. The molecule has 3 aliphatic rings. The van der Waals surface area contributed by atoms with Crippen molar-refractivity contribution in [3.63, 3.8) is 0 Å². The summed E-state index contributed by atoms with van der Waals surface area (Å²) < 4.78 is 11.5. The highest BCUT2D eigenvalue weighted by Crippen LogP contribution is 2.47. The molecular formula is C30H38N4O6S. The van der Waals surface area contributed by atoms with Crippen LogP contribution in [-0.2, 0) is 14.4 Å². The Balaban J connectivity index is 1.42. The molecule has 3 heterocycles. The zero-order valence-electron chi connectivity index (χ0n) is 23.3. The van der Waals surface area contributed by atoms with E-state index in [1.807, 2.05) is 29.6 Å². The molecule has 1 aromatic carbocycles. The molecule has 1 aromatic heterocycles. The van der Waals surface area contributed by atoms with Crippen LogP contribution in [0.3, 0.4) is 0 Å². The number of aliphatic carboxylic acids is 1. The first kappa shape index (κ1) is 28.9. The second kappa shape index (κ2) is 12.5. The average Bonchev–Trinajstić information content (AvgIpc) is 3.27. The first-order valence-electron chi connectivity index (χ1n) is 14.3. The third-order valence-corrected chi connectivity index (χ3v) is 9.16. The number of benzene rings is 1. The summed E-state index contributed by atoms with van der Waals surface area (Å²) in [5.74, 6) is -1.10. The van der Waals surface area contributed by atoms with Crippen molar-refractivity contribution in [3.8, 4) is 10.9 Å². The fraction of sp³-hybridized carbons (Fsp3) is 0.533. The van der Waals surface area contributed by atoms with Gasteiger partial charge >= 0.3 is 5.97 Å². The van der Waals surface area contributed by atoms with E-state index in [2.05, 4.69) is 22.2 Å². The molecule has 1 aliphatic carbocycles. The second-order valence-corrected chi connectivity index (χ2v) is 12.0. The number of anilines is 1. The molecule has 2 aromatic rings. The fourth-order valence-corrected chi connectivity index (χ4v) is 6.75. The number of nitrogens with zero attached hydrogens (tertiary/aromatic N) is 2. The molecule has 10 nitrogen and oxygen atoms in total. The molecule has 5 atom stereocenters. The first-order chi connectivity index (χ1) is 19.8. The van der Waals surface area contributed by atoms with Crippen LogP contribution in [0.2, 0.25) is 0 Å². The Bertz CT molecular complexity index is 1280. The third kappa shape index (κ3) is 6.50. The predicted octanol–water partition coefficient (Wildman–Crippen LogP) is 4.33. The van der Waals surface area contributed by atoms with E-state index >= 15 is 0 Å². The van der Waals surface area contributed by atoms with Crippen molar-refractivity contribution in [3.05, 3.63) is 41.9 Å². The normalized spacial score (nSPS) is 28.8. The van der Waals surface area contributed by atoms with Gasteiger partial charge in [-0.25, -0.2) is 9.78 Å². The number of hydrogen-bond acceptors (Lipinski definition) is 8. The van der Waals surface area contributed by atoms with Crippen LogP contribution >= 0.6 is 11.3 Å². The Morgan fingerprint density at radius 3 is 2.76 bits per heavy atom. The fourth-order valence-electron chi connectivity index (χ4n) is 6.03. The summed E-state index contributed by atoms with van der Waals surface area (Å²) in [5, 5.41) is 18.6. The lowest BCUT2D eigenvalue weighted by Gasteiger charge is -2.30. The van der Waals surface area contributed by atoms with E-state index < -0.39 is 35.6 Å². The summed E-state index contributed by atoms with van der Waals surface area (Å²) in [5.41, 5.74) is 0.175. The Hall–Kier alpha value is -3.60. The summed E-state index contributed by atoms with van der Waals surface area (Å²) in [6.45, 7) is 3.93. The largest absolute Gasteiger partial charge is 0.497 e. The van der Waals surface area contributed by atoms with Gasteiger partial charge < -0.3 is 30.1 Å². The van der Waals surface area contributed by atoms with Gasteiger partial charge in [0.1, 0.15) is 29.5 Å². The molecular weight excluding hydrogens is 544 g/mol. The van der Waals surface area contributed by atoms with Crippen molar-refractivity contribution in [2.24, 2.45) is 5.92 Å². The number of ether oxygens (including phenoxy) is 2. The lowest BCUT2D eigenvalue weighted by molar-refractivity contribution is -0.145. The number of thiazole rings is 1. The summed E-state index contributed by atoms with van der Waals surface area (Å²) in [6, 6.07) is 5.99. The van der Waals surface area contributed by atoms with E-state index in [-0.39, 0.29) is 24.8 Å². The van der Waals surface area contributed by atoms with E-state index in [0.29, 0.717) is 29.5 Å². The number of carbonyl (C=O) groups is 3. The minimum absolute atomic E-state index is 0.0956. The van der Waals surface area contributed by atoms with Crippen molar-refractivity contribution in [2.75, 3.05) is 19.0 Å². The summed E-state index contributed by atoms with van der Waals surface area (Å²) in [7, 11) is 1.59. The van der Waals surface area contributed by atoms with Gasteiger partial charge in [0.25, 0.3) is 5.19 Å². The minimum Gasteiger partial charge on any atom is -0.497 e. The van der Waals surface area contributed by atoms with Crippen LogP contribution in [0.1, 0.15) is 63.5 Å². The van der Waals surface area contributed by atoms with Crippen LogP contribution in [0.15, 0.2) is 36.2 Å². The predicted molar refractivity (Wildman–Crippen MR) is 156 cm³/mol. The lowest BCUT2D eigenvalue weighted by atomic mass is 10.0. The number of carboxylic acid groups (broad SMARTS) is 1. The number of amides is 2. The molecule has 11 heteroatoms. The highest BCUT2D eigenvalue weighted by atomic mass is 32.1. The van der Waals surface area contributed by atoms with E-state index in [1.165, 1.54) is 11.3 Å². The SMILES string of the molecule is C=Cc1csc(O[C@@H]2C[C@H]3C(=O)N[C@]4(C(=O)O)C[C@H]4CCCCCCC[C@H](Nc4cccc(OC)c4)C(=O)N3C2)n1. The monoisotopic (exact) mass is 582 g/mol. The molecule has 2 saturated heterocycles. The molecule has 0 spiro atoms. The summed E-state index contributed by atoms with van der Waals surface area (Å²) in [4.78, 5) is 46.2. The number of rotatable bonds is 7. The number of methoxy groups -OCH3 is 1. The van der Waals surface area contributed by atoms with Gasteiger partial charge in [-0.05, 0) is 43.4 Å². The van der Waals surface area contributed by atoms with Crippen LogP contribution in [0, 0.1) is 5.92 Å². The number of nitrogens with one attached hydrogen (secondary N) is 2. The Labute approximate surface area is 244 Å². The molecule has 3 N–H and O–H groups in total. The first-order valence-corrected chi connectivity index (χ1v) is 15.2. The molecule has 0 radical (unpaired) electrons. The van der Waals surface area contributed by atoms with Crippen molar-refractivity contribution >= 4 is 40.9 Å². The van der Waals surface area contributed by atoms with E-state index in [4.69, 9.17) is 9.47 Å². The molecule has 0 bridgehead atoms. The van der Waals surface area contributed by atoms with Gasteiger partial charge in [0.15, 0.2) is 0 Å². The molecule has 5 rings (SSSR count). The van der Waals surface area contributed by atoms with Gasteiger partial charge in [-0.15, -0.1) is 0 Å². The number of carbonyl (C=O) groups excluding carboxylic acids is 2. The average molecular weight is 583 g/mol. The van der Waals surface area contributed by atoms with E-state index in [0.717, 1.165) is 44.2 Å². The minimum atomic E-state index is -1.27. The van der Waals surface area contributed by atoms with Crippen molar-refractivity contribution in [1.29, 1.82) is 0 Å². The van der Waals surface area contributed by atoms with E-state index in [9.17, 15) is 19.5 Å². The number of aromatic nitrogens is 1. The van der Waals surface area contributed by atoms with Gasteiger partial charge in [0.2, 0.25) is 11.8 Å². The highest BCUT2D eigenvalue weighted by Gasteiger charge is 2.62. The molecule has 3 fully saturated rings. The molecule has 0 unspecified atom stereocenters. The maximum Gasteiger partial charge on any atom is 0.329 e. The Kier molecular flexibility index (Phi) is 8.82. The molecule has 2 aliphatic heterocycles. The zero-order chi connectivity index (χ0) is 29.0. The van der Waals surface area contributed by atoms with E-state index in [1.54, 1.807) is 18.1 Å². The summed E-state index contributed by atoms with van der Waals surface area (Å²) in [6.07, 6.45) is 7.95. The third-order valence-electron chi connectivity index (χ3n) is 8.41. The smallest absolute Gasteiger partial charge is 0.329 e. The van der Waals surface area contributed by atoms with Crippen molar-refractivity contribution in [1.82, 2.24) is 15.2 Å². The Morgan fingerprint density at radius 1 is 1.24 bits per heavy atom. The Morgan fingerprint density at radius 2 is 2.02 bits per heavy atom. The second-order valence-electron chi connectivity index (χ2n) is 11.2. The van der Waals surface area contributed by atoms with Gasteiger partial charge in [0, 0.05) is 23.6 Å². The maximum atomic E-state index is 14.2. The van der Waals surface area contributed by atoms with Crippen LogP contribution < -0.4 is 20.1 Å². The molecule has 2 amide bonds. The topological polar surface area (TPSA) is 130 Å². The van der Waals surface area contributed by atoms with Crippen LogP contribution in [-0.4, -0.2) is 70.2 Å². The van der Waals surface area contributed by atoms with Gasteiger partial charge in [-0.2, -0.15) is 0 Å². The highest BCUT2D eigenvalue weighted by molar-refractivity contribution is 7.11. The van der Waals surface area contributed by atoms with Crippen LogP contribution in [0.25, 0.3) is 6.08 Å². The molecule has 1 saturated carbocycles. The van der Waals surface area contributed by atoms with Gasteiger partial charge in [-0.3, -0.25) is 9.59 Å². The quantitative estimate of drug-likeness (QED) is 0.440. The number of hydrogen-bond donors (Lipinski definition) is 3. The summed E-state index contributed by atoms with van der Waals surface area (Å²) >= 11 is 1.33.